The van der Waals surface area contributed by atoms with Gasteiger partial charge in [-0.1, -0.05) is 29.8 Å². The van der Waals surface area contributed by atoms with Crippen LogP contribution in [0.3, 0.4) is 0 Å². The third-order valence-electron chi connectivity index (χ3n) is 5.69. The Labute approximate surface area is 195 Å². The van der Waals surface area contributed by atoms with Gasteiger partial charge in [0.15, 0.2) is 5.65 Å². The molecule has 1 aliphatic heterocycles. The molecular formula is C24H22ClFN6O. The number of rotatable bonds is 4. The average Bonchev–Trinajstić information content (AvgIpc) is 3.19. The number of carbonyl (C=O) groups excluding carboxylic acids is 1. The molecule has 1 aliphatic rings. The van der Waals surface area contributed by atoms with Gasteiger partial charge in [-0.05, 0) is 42.5 Å². The smallest absolute Gasteiger partial charge is 0.321 e. The van der Waals surface area contributed by atoms with E-state index in [9.17, 15) is 9.18 Å². The molecule has 2 amide bonds. The summed E-state index contributed by atoms with van der Waals surface area (Å²) in [6, 6.07) is 17.2. The van der Waals surface area contributed by atoms with Gasteiger partial charge in [0.05, 0.1) is 22.9 Å². The number of fused-ring (bicyclic) bond motifs is 1. The summed E-state index contributed by atoms with van der Waals surface area (Å²) in [6.07, 6.45) is 1.71. The van der Waals surface area contributed by atoms with E-state index in [0.29, 0.717) is 54.8 Å². The minimum atomic E-state index is -0.311. The van der Waals surface area contributed by atoms with Crippen molar-refractivity contribution in [3.63, 3.8) is 0 Å². The molecule has 0 unspecified atom stereocenters. The van der Waals surface area contributed by atoms with E-state index in [1.165, 1.54) is 12.1 Å². The van der Waals surface area contributed by atoms with Crippen molar-refractivity contribution in [2.75, 3.05) is 31.5 Å². The Morgan fingerprint density at radius 1 is 1.03 bits per heavy atom. The van der Waals surface area contributed by atoms with Gasteiger partial charge in [0.2, 0.25) is 0 Å². The SMILES string of the molecule is O=C(Nc1ccccc1Cl)N1CCN(Cc2nc3cccnc3n2-c2cccc(F)c2)CC1. The number of para-hydroxylation sites is 1. The first-order valence-corrected chi connectivity index (χ1v) is 11.1. The van der Waals surface area contributed by atoms with E-state index in [-0.39, 0.29) is 11.8 Å². The van der Waals surface area contributed by atoms with E-state index in [0.717, 1.165) is 11.3 Å². The Bertz CT molecular complexity index is 1300. The van der Waals surface area contributed by atoms with Crippen LogP contribution in [0, 0.1) is 5.82 Å². The second-order valence-electron chi connectivity index (χ2n) is 7.86. The van der Waals surface area contributed by atoms with Gasteiger partial charge in [-0.3, -0.25) is 9.47 Å². The van der Waals surface area contributed by atoms with E-state index >= 15 is 0 Å². The molecule has 1 saturated heterocycles. The number of urea groups is 1. The number of nitrogens with one attached hydrogen (secondary N) is 1. The molecule has 0 spiro atoms. The average molecular weight is 465 g/mol. The number of halogens is 2. The summed E-state index contributed by atoms with van der Waals surface area (Å²) in [7, 11) is 0. The summed E-state index contributed by atoms with van der Waals surface area (Å²) in [4.78, 5) is 25.9. The van der Waals surface area contributed by atoms with Gasteiger partial charge in [0, 0.05) is 32.4 Å². The summed E-state index contributed by atoms with van der Waals surface area (Å²) < 4.78 is 15.8. The summed E-state index contributed by atoms with van der Waals surface area (Å²) >= 11 is 6.15. The number of hydrogen-bond acceptors (Lipinski definition) is 4. The zero-order chi connectivity index (χ0) is 22.8. The molecule has 2 aromatic carbocycles. The summed E-state index contributed by atoms with van der Waals surface area (Å²) in [6.45, 7) is 3.10. The molecule has 1 N–H and O–H groups in total. The third-order valence-corrected chi connectivity index (χ3v) is 6.02. The number of piperazine rings is 1. The number of nitrogens with zero attached hydrogens (tertiary/aromatic N) is 5. The predicted molar refractivity (Wildman–Crippen MR) is 126 cm³/mol. The van der Waals surface area contributed by atoms with Gasteiger partial charge >= 0.3 is 6.03 Å². The molecule has 0 atom stereocenters. The normalized spacial score (nSPS) is 14.5. The molecule has 4 aromatic rings. The van der Waals surface area contributed by atoms with Crippen molar-refractivity contribution in [2.45, 2.75) is 6.54 Å². The molecule has 0 saturated carbocycles. The highest BCUT2D eigenvalue weighted by atomic mass is 35.5. The topological polar surface area (TPSA) is 66.3 Å². The number of hydrogen-bond donors (Lipinski definition) is 1. The number of amides is 2. The first kappa shape index (κ1) is 21.4. The Morgan fingerprint density at radius 2 is 1.85 bits per heavy atom. The van der Waals surface area contributed by atoms with Crippen LogP contribution in [0.2, 0.25) is 5.02 Å². The van der Waals surface area contributed by atoms with Crippen LogP contribution in [0.4, 0.5) is 14.9 Å². The Kier molecular flexibility index (Phi) is 5.93. The molecular weight excluding hydrogens is 443 g/mol. The fourth-order valence-corrected chi connectivity index (χ4v) is 4.20. The van der Waals surface area contributed by atoms with Gasteiger partial charge in [0.1, 0.15) is 17.2 Å². The lowest BCUT2D eigenvalue weighted by Crippen LogP contribution is -2.49. The third kappa shape index (κ3) is 4.53. The van der Waals surface area contributed by atoms with Crippen molar-refractivity contribution in [3.05, 3.63) is 83.5 Å². The molecule has 0 aliphatic carbocycles. The molecule has 5 rings (SSSR count). The quantitative estimate of drug-likeness (QED) is 0.480. The number of aromatic nitrogens is 3. The first-order chi connectivity index (χ1) is 16.1. The van der Waals surface area contributed by atoms with Gasteiger partial charge in [-0.25, -0.2) is 19.2 Å². The number of imidazole rings is 1. The van der Waals surface area contributed by atoms with Crippen molar-refractivity contribution in [1.29, 1.82) is 0 Å². The van der Waals surface area contributed by atoms with E-state index in [2.05, 4.69) is 15.2 Å². The monoisotopic (exact) mass is 464 g/mol. The van der Waals surface area contributed by atoms with Crippen molar-refractivity contribution in [2.24, 2.45) is 0 Å². The highest BCUT2D eigenvalue weighted by Gasteiger charge is 2.24. The lowest BCUT2D eigenvalue weighted by atomic mass is 10.3. The maximum atomic E-state index is 13.9. The van der Waals surface area contributed by atoms with Crippen LogP contribution < -0.4 is 5.32 Å². The zero-order valence-electron chi connectivity index (χ0n) is 17.8. The van der Waals surface area contributed by atoms with Crippen LogP contribution in [-0.2, 0) is 6.54 Å². The highest BCUT2D eigenvalue weighted by molar-refractivity contribution is 6.33. The number of benzene rings is 2. The van der Waals surface area contributed by atoms with E-state index < -0.39 is 0 Å². The zero-order valence-corrected chi connectivity index (χ0v) is 18.5. The number of anilines is 1. The fourth-order valence-electron chi connectivity index (χ4n) is 4.02. The van der Waals surface area contributed by atoms with Crippen LogP contribution in [0.25, 0.3) is 16.9 Å². The molecule has 7 nitrogen and oxygen atoms in total. The van der Waals surface area contributed by atoms with Crippen molar-refractivity contribution in [1.82, 2.24) is 24.3 Å². The Balaban J connectivity index is 1.30. The van der Waals surface area contributed by atoms with Crippen LogP contribution in [-0.4, -0.2) is 56.5 Å². The molecule has 168 valence electrons. The maximum Gasteiger partial charge on any atom is 0.321 e. The van der Waals surface area contributed by atoms with Gasteiger partial charge in [-0.2, -0.15) is 0 Å². The van der Waals surface area contributed by atoms with Crippen molar-refractivity contribution >= 4 is 34.5 Å². The van der Waals surface area contributed by atoms with Gasteiger partial charge in [0.25, 0.3) is 0 Å². The summed E-state index contributed by atoms with van der Waals surface area (Å²) in [5.74, 6) is 0.470. The lowest BCUT2D eigenvalue weighted by Gasteiger charge is -2.34. The Morgan fingerprint density at radius 3 is 2.64 bits per heavy atom. The van der Waals surface area contributed by atoms with E-state index in [4.69, 9.17) is 16.6 Å². The second-order valence-corrected chi connectivity index (χ2v) is 8.27. The summed E-state index contributed by atoms with van der Waals surface area (Å²) in [5, 5.41) is 3.38. The standard InChI is InChI=1S/C24H22ClFN6O/c25-19-7-1-2-8-20(19)29-24(33)31-13-11-30(12-14-31)16-22-28-21-9-4-10-27-23(21)32(22)18-6-3-5-17(26)15-18/h1-10,15H,11-14,16H2,(H,29,33). The Hall–Kier alpha value is -3.49. The van der Waals surface area contributed by atoms with E-state index in [1.807, 2.05) is 34.9 Å². The van der Waals surface area contributed by atoms with E-state index in [1.54, 1.807) is 29.3 Å². The van der Waals surface area contributed by atoms with Crippen LogP contribution >= 0.6 is 11.6 Å². The number of pyridine rings is 1. The fraction of sp³-hybridized carbons (Fsp3) is 0.208. The highest BCUT2D eigenvalue weighted by Crippen LogP contribution is 2.23. The van der Waals surface area contributed by atoms with Gasteiger partial charge in [-0.15, -0.1) is 0 Å². The molecule has 0 radical (unpaired) electrons. The van der Waals surface area contributed by atoms with Crippen molar-refractivity contribution in [3.8, 4) is 5.69 Å². The molecule has 2 aromatic heterocycles. The molecule has 9 heteroatoms. The predicted octanol–water partition coefficient (Wildman–Crippen LogP) is 4.56. The molecule has 33 heavy (non-hydrogen) atoms. The molecule has 0 bridgehead atoms. The second kappa shape index (κ2) is 9.17. The lowest BCUT2D eigenvalue weighted by molar-refractivity contribution is 0.140. The maximum absolute atomic E-state index is 13.9. The molecule has 3 heterocycles. The number of carbonyl (C=O) groups is 1. The van der Waals surface area contributed by atoms with Gasteiger partial charge < -0.3 is 10.2 Å². The first-order valence-electron chi connectivity index (χ1n) is 10.7. The van der Waals surface area contributed by atoms with Crippen LogP contribution in [0.15, 0.2) is 66.9 Å². The van der Waals surface area contributed by atoms with Crippen LogP contribution in [0.1, 0.15) is 5.82 Å². The van der Waals surface area contributed by atoms with Crippen molar-refractivity contribution < 1.29 is 9.18 Å². The van der Waals surface area contributed by atoms with Crippen LogP contribution in [0.5, 0.6) is 0 Å². The minimum Gasteiger partial charge on any atom is -0.322 e. The molecule has 1 fully saturated rings. The largest absolute Gasteiger partial charge is 0.322 e. The minimum absolute atomic E-state index is 0.168. The summed E-state index contributed by atoms with van der Waals surface area (Å²) in [5.41, 5.74) is 2.73.